The first-order chi connectivity index (χ1) is 15.9. The Kier molecular flexibility index (Phi) is 6.15. The summed E-state index contributed by atoms with van der Waals surface area (Å²) in [6.07, 6.45) is -10.2. The van der Waals surface area contributed by atoms with Crippen LogP contribution >= 0.6 is 12.2 Å². The summed E-state index contributed by atoms with van der Waals surface area (Å²) in [5.74, 6) is -0.377. The van der Waals surface area contributed by atoms with Crippen LogP contribution in [-0.4, -0.2) is 42.0 Å². The number of hydrogen-bond acceptors (Lipinski definition) is 4. The molecule has 2 heterocycles. The predicted octanol–water partition coefficient (Wildman–Crippen LogP) is 4.09. The summed E-state index contributed by atoms with van der Waals surface area (Å²) < 4.78 is 81.9. The average molecular weight is 501 g/mol. The Bertz CT molecular complexity index is 1150. The molecule has 1 fully saturated rings. The lowest BCUT2D eigenvalue weighted by molar-refractivity contribution is -0.184. The summed E-state index contributed by atoms with van der Waals surface area (Å²) in [6.45, 7) is -0.630. The molecule has 0 spiro atoms. The Hall–Kier alpha value is -2.99. The number of aliphatic imine (C=N–C) groups is 1. The summed E-state index contributed by atoms with van der Waals surface area (Å²) >= 11 is 5.26. The molecular weight excluding hydrogens is 484 g/mol. The Labute approximate surface area is 195 Å². The van der Waals surface area contributed by atoms with E-state index in [1.54, 1.807) is 12.1 Å². The third-order valence-corrected chi connectivity index (χ3v) is 6.17. The van der Waals surface area contributed by atoms with Crippen molar-refractivity contribution in [3.63, 3.8) is 0 Å². The van der Waals surface area contributed by atoms with Gasteiger partial charge in [-0.2, -0.15) is 26.3 Å². The molecule has 0 bridgehead atoms. The zero-order valence-electron chi connectivity index (χ0n) is 17.3. The highest BCUT2D eigenvalue weighted by molar-refractivity contribution is 7.80. The normalized spacial score (nSPS) is 22.9. The van der Waals surface area contributed by atoms with Crippen LogP contribution in [0.4, 0.5) is 26.3 Å². The van der Waals surface area contributed by atoms with Crippen LogP contribution in [-0.2, 0) is 21.2 Å². The van der Waals surface area contributed by atoms with Gasteiger partial charge in [-0.15, -0.1) is 0 Å². The van der Waals surface area contributed by atoms with Gasteiger partial charge in [-0.25, -0.2) is 5.48 Å². The lowest BCUT2D eigenvalue weighted by Crippen LogP contribution is -2.44. The molecule has 0 aliphatic carbocycles. The van der Waals surface area contributed by atoms with Crippen molar-refractivity contribution in [1.82, 2.24) is 10.8 Å². The number of carbonyl (C=O) groups excluding carboxylic acids is 1. The van der Waals surface area contributed by atoms with Crippen molar-refractivity contribution in [1.29, 1.82) is 0 Å². The highest BCUT2D eigenvalue weighted by Gasteiger charge is 2.58. The zero-order chi connectivity index (χ0) is 24.7. The maximum Gasteiger partial charge on any atom is 0.416 e. The fourth-order valence-electron chi connectivity index (χ4n) is 3.87. The van der Waals surface area contributed by atoms with E-state index in [-0.39, 0.29) is 23.2 Å². The van der Waals surface area contributed by atoms with Crippen LogP contribution in [0.3, 0.4) is 0 Å². The lowest BCUT2D eigenvalue weighted by Gasteiger charge is -2.32. The van der Waals surface area contributed by atoms with Gasteiger partial charge in [-0.1, -0.05) is 54.7 Å². The van der Waals surface area contributed by atoms with Crippen molar-refractivity contribution in [2.45, 2.75) is 30.2 Å². The van der Waals surface area contributed by atoms with Gasteiger partial charge in [0, 0.05) is 17.7 Å². The first-order valence-electron chi connectivity index (χ1n) is 10.0. The summed E-state index contributed by atoms with van der Waals surface area (Å²) in [7, 11) is 0. The monoisotopic (exact) mass is 501 g/mol. The van der Waals surface area contributed by atoms with E-state index in [0.29, 0.717) is 17.2 Å². The van der Waals surface area contributed by atoms with Crippen LogP contribution in [0.2, 0.25) is 0 Å². The molecule has 1 saturated heterocycles. The van der Waals surface area contributed by atoms with Crippen LogP contribution in [0.15, 0.2) is 53.5 Å². The van der Waals surface area contributed by atoms with Crippen LogP contribution in [0.5, 0.6) is 0 Å². The second kappa shape index (κ2) is 8.66. The molecule has 4 rings (SSSR count). The van der Waals surface area contributed by atoms with Crippen LogP contribution in [0, 0.1) is 0 Å². The zero-order valence-corrected chi connectivity index (χ0v) is 18.1. The Morgan fingerprint density at radius 2 is 1.82 bits per heavy atom. The van der Waals surface area contributed by atoms with E-state index < -0.39 is 47.9 Å². The largest absolute Gasteiger partial charge is 0.416 e. The van der Waals surface area contributed by atoms with E-state index in [1.807, 2.05) is 0 Å². The number of hydrogen-bond donors (Lipinski definition) is 2. The molecule has 1 amide bonds. The van der Waals surface area contributed by atoms with Gasteiger partial charge in [0.2, 0.25) is 0 Å². The van der Waals surface area contributed by atoms with Gasteiger partial charge in [0.25, 0.3) is 5.91 Å². The minimum absolute atomic E-state index is 0.0862. The topological polar surface area (TPSA) is 62.7 Å². The number of halogens is 6. The van der Waals surface area contributed by atoms with Crippen molar-refractivity contribution in [3.8, 4) is 0 Å². The van der Waals surface area contributed by atoms with Gasteiger partial charge in [0.1, 0.15) is 23.1 Å². The minimum atomic E-state index is -4.82. The number of carbonyl (C=O) groups is 1. The van der Waals surface area contributed by atoms with Crippen molar-refractivity contribution >= 4 is 28.8 Å². The molecule has 0 saturated carbocycles. The summed E-state index contributed by atoms with van der Waals surface area (Å²) in [5.41, 5.74) is -0.949. The van der Waals surface area contributed by atoms with E-state index in [9.17, 15) is 31.1 Å². The smallest absolute Gasteiger partial charge is 0.362 e. The number of nitrogens with one attached hydrogen (secondary N) is 2. The highest BCUT2D eigenvalue weighted by atomic mass is 32.1. The molecule has 34 heavy (non-hydrogen) atoms. The first kappa shape index (κ1) is 24.1. The fourth-order valence-corrected chi connectivity index (χ4v) is 4.15. The van der Waals surface area contributed by atoms with E-state index in [4.69, 9.17) is 17.1 Å². The molecule has 2 N–H and O–H groups in total. The van der Waals surface area contributed by atoms with Crippen LogP contribution in [0.25, 0.3) is 0 Å². The van der Waals surface area contributed by atoms with Gasteiger partial charge in [-0.05, 0) is 17.2 Å². The minimum Gasteiger partial charge on any atom is -0.362 e. The maximum absolute atomic E-state index is 14.2. The molecule has 2 unspecified atom stereocenters. The molecule has 5 nitrogen and oxygen atoms in total. The van der Waals surface area contributed by atoms with Gasteiger partial charge in [-0.3, -0.25) is 14.6 Å². The standard InChI is InChI=1S/C22H17F6N3O2S/c23-21(24,25)15-3-1-2-14(8-15)20(22(26,27)28)9-16(29-11-20)12-4-6-13(7-5-12)19(34)30-17-10-33-31-18(17)32/h1-8,17H,9-11H2,(H,30,34)(H,31,32). The first-order valence-corrected chi connectivity index (χ1v) is 10.4. The summed E-state index contributed by atoms with van der Waals surface area (Å²) in [4.78, 5) is 20.7. The van der Waals surface area contributed by atoms with E-state index >= 15 is 0 Å². The van der Waals surface area contributed by atoms with E-state index in [2.05, 4.69) is 15.8 Å². The highest BCUT2D eigenvalue weighted by Crippen LogP contribution is 2.48. The molecule has 2 atom stereocenters. The molecule has 2 aromatic rings. The predicted molar refractivity (Wildman–Crippen MR) is 114 cm³/mol. The number of benzene rings is 2. The molecular formula is C22H17F6N3O2S. The van der Waals surface area contributed by atoms with Gasteiger partial charge in [0.05, 0.1) is 12.1 Å². The number of rotatable bonds is 4. The Balaban J connectivity index is 1.55. The Morgan fingerprint density at radius 1 is 1.12 bits per heavy atom. The van der Waals surface area contributed by atoms with E-state index in [0.717, 1.165) is 18.2 Å². The van der Waals surface area contributed by atoms with Crippen molar-refractivity contribution < 1.29 is 36.0 Å². The molecule has 0 radical (unpaired) electrons. The van der Waals surface area contributed by atoms with Gasteiger partial charge in [0.15, 0.2) is 0 Å². The number of alkyl halides is 6. The maximum atomic E-state index is 14.2. The SMILES string of the molecule is O=C1NOCC1NC(=S)c1ccc(C2=NCC(c3cccc(C(F)(F)F)c3)(C(F)(F)F)C2)cc1. The Morgan fingerprint density at radius 3 is 2.41 bits per heavy atom. The van der Waals surface area contributed by atoms with Crippen LogP contribution < -0.4 is 10.8 Å². The lowest BCUT2D eigenvalue weighted by atomic mass is 9.76. The van der Waals surface area contributed by atoms with Crippen LogP contribution in [0.1, 0.15) is 28.7 Å². The fraction of sp³-hybridized carbons (Fsp3) is 0.318. The number of hydroxylamine groups is 1. The quantitative estimate of drug-likeness (QED) is 0.490. The number of amides is 1. The number of nitrogens with zero attached hydrogens (tertiary/aromatic N) is 1. The summed E-state index contributed by atoms with van der Waals surface area (Å²) in [5, 5.41) is 2.83. The average Bonchev–Trinajstić information content (AvgIpc) is 3.41. The van der Waals surface area contributed by atoms with Gasteiger partial charge >= 0.3 is 12.4 Å². The third-order valence-electron chi connectivity index (χ3n) is 5.82. The molecule has 2 aromatic carbocycles. The molecule has 12 heteroatoms. The van der Waals surface area contributed by atoms with Crippen molar-refractivity contribution in [3.05, 3.63) is 70.8 Å². The second-order valence-electron chi connectivity index (χ2n) is 7.98. The molecule has 2 aliphatic rings. The van der Waals surface area contributed by atoms with Crippen molar-refractivity contribution in [2.24, 2.45) is 4.99 Å². The molecule has 180 valence electrons. The molecule has 2 aliphatic heterocycles. The van der Waals surface area contributed by atoms with Gasteiger partial charge < -0.3 is 5.32 Å². The second-order valence-corrected chi connectivity index (χ2v) is 8.39. The van der Waals surface area contributed by atoms with Crippen molar-refractivity contribution in [2.75, 3.05) is 13.2 Å². The number of thiocarbonyl (C=S) groups is 1. The third kappa shape index (κ3) is 4.51. The van der Waals surface area contributed by atoms with E-state index in [1.165, 1.54) is 12.1 Å². The summed E-state index contributed by atoms with van der Waals surface area (Å²) in [6, 6.07) is 8.85. The molecule has 0 aromatic heterocycles.